The van der Waals surface area contributed by atoms with Crippen molar-refractivity contribution in [3.63, 3.8) is 0 Å². The summed E-state index contributed by atoms with van der Waals surface area (Å²) in [6, 6.07) is 12.7. The number of anilines is 1. The number of carbonyl (C=O) groups excluding carboxylic acids is 1. The number of halogens is 1. The Morgan fingerprint density at radius 2 is 1.79 bits per heavy atom. The third-order valence-electron chi connectivity index (χ3n) is 4.55. The number of hydrogen-bond donors (Lipinski definition) is 1. The average molecular weight is 404 g/mol. The lowest BCUT2D eigenvalue weighted by molar-refractivity contribution is -0.117. The quantitative estimate of drug-likeness (QED) is 0.745. The zero-order chi connectivity index (χ0) is 20.1. The summed E-state index contributed by atoms with van der Waals surface area (Å²) in [5.74, 6) is -0.784. The highest BCUT2D eigenvalue weighted by Gasteiger charge is 2.29. The van der Waals surface area contributed by atoms with Crippen molar-refractivity contribution in [3.8, 4) is 0 Å². The molecule has 0 spiro atoms. The molecular weight excluding hydrogens is 383 g/mol. The molecular formula is C20H21FN2O4S. The van der Waals surface area contributed by atoms with Crippen molar-refractivity contribution < 1.29 is 22.7 Å². The van der Waals surface area contributed by atoms with Gasteiger partial charge in [-0.3, -0.25) is 4.79 Å². The molecule has 28 heavy (non-hydrogen) atoms. The van der Waals surface area contributed by atoms with E-state index in [2.05, 4.69) is 0 Å². The second-order valence-corrected chi connectivity index (χ2v) is 8.31. The lowest BCUT2D eigenvalue weighted by Crippen LogP contribution is -2.48. The minimum absolute atomic E-state index is 0.130. The molecule has 1 fully saturated rings. The highest BCUT2D eigenvalue weighted by molar-refractivity contribution is 7.89. The van der Waals surface area contributed by atoms with Crippen LogP contribution < -0.4 is 4.90 Å². The van der Waals surface area contributed by atoms with Crippen LogP contribution in [-0.4, -0.2) is 56.4 Å². The first-order valence-corrected chi connectivity index (χ1v) is 10.3. The van der Waals surface area contributed by atoms with Crippen molar-refractivity contribution in [1.82, 2.24) is 4.31 Å². The van der Waals surface area contributed by atoms with Crippen LogP contribution in [0.3, 0.4) is 0 Å². The molecule has 0 bridgehead atoms. The first-order chi connectivity index (χ1) is 13.4. The summed E-state index contributed by atoms with van der Waals surface area (Å²) in [4.78, 5) is 13.2. The Balaban J connectivity index is 1.73. The van der Waals surface area contributed by atoms with Gasteiger partial charge in [-0.15, -0.1) is 0 Å². The summed E-state index contributed by atoms with van der Waals surface area (Å²) in [5, 5.41) is 8.76. The molecule has 0 aromatic heterocycles. The average Bonchev–Trinajstić information content (AvgIpc) is 2.72. The van der Waals surface area contributed by atoms with Crippen molar-refractivity contribution in [3.05, 3.63) is 66.0 Å². The minimum Gasteiger partial charge on any atom is -0.388 e. The molecule has 1 aliphatic heterocycles. The largest absolute Gasteiger partial charge is 0.388 e. The fraction of sp³-hybridized carbons (Fsp3) is 0.250. The first-order valence-electron chi connectivity index (χ1n) is 8.83. The van der Waals surface area contributed by atoms with E-state index in [4.69, 9.17) is 5.11 Å². The Labute approximate surface area is 163 Å². The van der Waals surface area contributed by atoms with E-state index >= 15 is 0 Å². The molecule has 0 aliphatic carbocycles. The van der Waals surface area contributed by atoms with E-state index in [-0.39, 0.29) is 23.8 Å². The van der Waals surface area contributed by atoms with Gasteiger partial charge in [0.1, 0.15) is 12.4 Å². The molecule has 0 atom stereocenters. The summed E-state index contributed by atoms with van der Waals surface area (Å²) in [7, 11) is -3.70. The fourth-order valence-corrected chi connectivity index (χ4v) is 4.52. The van der Waals surface area contributed by atoms with Gasteiger partial charge in [-0.2, -0.15) is 4.31 Å². The molecule has 0 saturated carbocycles. The molecule has 1 aliphatic rings. The van der Waals surface area contributed by atoms with Gasteiger partial charge in [-0.25, -0.2) is 12.8 Å². The number of nitrogens with zero attached hydrogens (tertiary/aromatic N) is 2. The van der Waals surface area contributed by atoms with Crippen LogP contribution in [0, 0.1) is 5.82 Å². The Kier molecular flexibility index (Phi) is 6.23. The summed E-state index contributed by atoms with van der Waals surface area (Å²) in [6.07, 6.45) is 2.67. The third-order valence-corrected chi connectivity index (χ3v) is 6.44. The molecule has 1 N–H and O–H groups in total. The van der Waals surface area contributed by atoms with Gasteiger partial charge >= 0.3 is 0 Å². The van der Waals surface area contributed by atoms with Crippen LogP contribution >= 0.6 is 0 Å². The van der Waals surface area contributed by atoms with E-state index in [0.717, 1.165) is 0 Å². The summed E-state index contributed by atoms with van der Waals surface area (Å²) < 4.78 is 41.2. The van der Waals surface area contributed by atoms with Crippen LogP contribution in [0.5, 0.6) is 0 Å². The van der Waals surface area contributed by atoms with Crippen molar-refractivity contribution in [2.45, 2.75) is 4.90 Å². The predicted octanol–water partition coefficient (Wildman–Crippen LogP) is 1.91. The van der Waals surface area contributed by atoms with Gasteiger partial charge in [0.2, 0.25) is 10.0 Å². The van der Waals surface area contributed by atoms with Crippen LogP contribution in [0.2, 0.25) is 0 Å². The SMILES string of the molecule is O=C(/C=C/c1cccc(S(=O)(=O)N2CCN(c3ccccc3F)CC2)c1)CO. The molecule has 0 unspecified atom stereocenters. The maximum atomic E-state index is 14.0. The van der Waals surface area contributed by atoms with Crippen molar-refractivity contribution >= 4 is 27.6 Å². The molecule has 2 aromatic carbocycles. The van der Waals surface area contributed by atoms with Crippen LogP contribution in [0.1, 0.15) is 5.56 Å². The number of aliphatic hydroxyl groups is 1. The Morgan fingerprint density at radius 3 is 2.46 bits per heavy atom. The van der Waals surface area contributed by atoms with Gasteiger partial charge in [0.15, 0.2) is 5.78 Å². The van der Waals surface area contributed by atoms with E-state index in [1.54, 1.807) is 30.3 Å². The molecule has 8 heteroatoms. The van der Waals surface area contributed by atoms with E-state index in [9.17, 15) is 17.6 Å². The van der Waals surface area contributed by atoms with Crippen LogP contribution in [0.15, 0.2) is 59.5 Å². The number of benzene rings is 2. The number of piperazine rings is 1. The molecule has 148 valence electrons. The third kappa shape index (κ3) is 4.46. The standard InChI is InChI=1S/C20H21FN2O4S/c21-19-6-1-2-7-20(19)22-10-12-23(13-11-22)28(26,27)18-5-3-4-16(14-18)8-9-17(25)15-24/h1-9,14,24H,10-13,15H2/b9-8+. The number of carbonyl (C=O) groups is 1. The Bertz CT molecular complexity index is 983. The van der Waals surface area contributed by atoms with E-state index in [0.29, 0.717) is 24.3 Å². The van der Waals surface area contributed by atoms with Crippen molar-refractivity contribution in [2.24, 2.45) is 0 Å². The summed E-state index contributed by atoms with van der Waals surface area (Å²) in [5.41, 5.74) is 1.02. The van der Waals surface area contributed by atoms with E-state index in [1.165, 1.54) is 34.7 Å². The lowest BCUT2D eigenvalue weighted by atomic mass is 10.2. The zero-order valence-electron chi connectivity index (χ0n) is 15.2. The van der Waals surface area contributed by atoms with E-state index < -0.39 is 22.4 Å². The zero-order valence-corrected chi connectivity index (χ0v) is 16.0. The van der Waals surface area contributed by atoms with E-state index in [1.807, 2.05) is 4.90 Å². The first kappa shape index (κ1) is 20.2. The van der Waals surface area contributed by atoms with Gasteiger partial charge in [0, 0.05) is 26.2 Å². The highest BCUT2D eigenvalue weighted by atomic mass is 32.2. The normalized spacial score (nSPS) is 15.9. The van der Waals surface area contributed by atoms with Gasteiger partial charge in [-0.05, 0) is 35.9 Å². The van der Waals surface area contributed by atoms with Crippen LogP contribution in [0.4, 0.5) is 10.1 Å². The molecule has 1 saturated heterocycles. The van der Waals surface area contributed by atoms with Crippen molar-refractivity contribution in [2.75, 3.05) is 37.7 Å². The number of aliphatic hydroxyl groups excluding tert-OH is 1. The number of ketones is 1. The number of rotatable bonds is 6. The second kappa shape index (κ2) is 8.64. The van der Waals surface area contributed by atoms with Crippen molar-refractivity contribution in [1.29, 1.82) is 0 Å². The summed E-state index contributed by atoms with van der Waals surface area (Å²) in [6.45, 7) is 0.690. The number of hydrogen-bond acceptors (Lipinski definition) is 5. The lowest BCUT2D eigenvalue weighted by Gasteiger charge is -2.35. The highest BCUT2D eigenvalue weighted by Crippen LogP contribution is 2.23. The number of sulfonamides is 1. The smallest absolute Gasteiger partial charge is 0.243 e. The maximum Gasteiger partial charge on any atom is 0.243 e. The van der Waals surface area contributed by atoms with Gasteiger partial charge in [-0.1, -0.05) is 30.3 Å². The van der Waals surface area contributed by atoms with Crippen LogP contribution in [0.25, 0.3) is 6.08 Å². The monoisotopic (exact) mass is 404 g/mol. The molecule has 3 rings (SSSR count). The Morgan fingerprint density at radius 1 is 1.07 bits per heavy atom. The van der Waals surface area contributed by atoms with Gasteiger partial charge < -0.3 is 10.0 Å². The molecule has 6 nitrogen and oxygen atoms in total. The van der Waals surface area contributed by atoms with Gasteiger partial charge in [0.25, 0.3) is 0 Å². The van der Waals surface area contributed by atoms with Gasteiger partial charge in [0.05, 0.1) is 10.6 Å². The molecule has 0 radical (unpaired) electrons. The topological polar surface area (TPSA) is 77.9 Å². The molecule has 2 aromatic rings. The Hall–Kier alpha value is -2.55. The molecule has 0 amide bonds. The minimum atomic E-state index is -3.70. The predicted molar refractivity (Wildman–Crippen MR) is 105 cm³/mol. The second-order valence-electron chi connectivity index (χ2n) is 6.37. The maximum absolute atomic E-state index is 14.0. The summed E-state index contributed by atoms with van der Waals surface area (Å²) >= 11 is 0. The molecule has 1 heterocycles. The van der Waals surface area contributed by atoms with Crippen LogP contribution in [-0.2, 0) is 14.8 Å². The number of para-hydroxylation sites is 1. The fourth-order valence-electron chi connectivity index (χ4n) is 3.05.